The van der Waals surface area contributed by atoms with E-state index in [2.05, 4.69) is 0 Å². The fourth-order valence-corrected chi connectivity index (χ4v) is 4.98. The van der Waals surface area contributed by atoms with E-state index < -0.39 is 22.4 Å². The number of allylic oxidation sites excluding steroid dienone is 1. The zero-order chi connectivity index (χ0) is 22.8. The number of carbonyl (C=O) groups is 2. The van der Waals surface area contributed by atoms with Crippen LogP contribution >= 0.6 is 0 Å². The Bertz CT molecular complexity index is 1130. The van der Waals surface area contributed by atoms with Gasteiger partial charge in [-0.2, -0.15) is 0 Å². The van der Waals surface area contributed by atoms with E-state index in [1.54, 1.807) is 12.1 Å². The predicted molar refractivity (Wildman–Crippen MR) is 120 cm³/mol. The van der Waals surface area contributed by atoms with E-state index in [9.17, 15) is 18.0 Å². The standard InChI is InChI=1S/C24H27NO5S/c1-17-9-11-19(12-10-17)31(28,29)14-13-23(27)30-16-18(26)15-22-24(2,3)20-7-5-6-8-21(20)25(22)4/h5-12,15H,13-14,16H2,1-4H3/b22-15-. The topological polar surface area (TPSA) is 80.7 Å². The lowest BCUT2D eigenvalue weighted by Crippen LogP contribution is -2.25. The fourth-order valence-electron chi connectivity index (χ4n) is 3.76. The van der Waals surface area contributed by atoms with Crippen LogP contribution in [-0.4, -0.2) is 39.6 Å². The zero-order valence-electron chi connectivity index (χ0n) is 18.2. The summed E-state index contributed by atoms with van der Waals surface area (Å²) in [7, 11) is -1.69. The Morgan fingerprint density at radius 3 is 2.35 bits per heavy atom. The average Bonchev–Trinajstić information content (AvgIpc) is 2.92. The largest absolute Gasteiger partial charge is 0.457 e. The summed E-state index contributed by atoms with van der Waals surface area (Å²) in [6.07, 6.45) is 1.19. The number of fused-ring (bicyclic) bond motifs is 1. The highest BCUT2D eigenvalue weighted by Gasteiger charge is 2.38. The monoisotopic (exact) mass is 441 g/mol. The van der Waals surface area contributed by atoms with Gasteiger partial charge in [0.15, 0.2) is 22.2 Å². The molecule has 7 heteroatoms. The van der Waals surface area contributed by atoms with E-state index in [-0.39, 0.29) is 28.3 Å². The van der Waals surface area contributed by atoms with Gasteiger partial charge >= 0.3 is 5.97 Å². The summed E-state index contributed by atoms with van der Waals surface area (Å²) in [6.45, 7) is 5.52. The highest BCUT2D eigenvalue weighted by Crippen LogP contribution is 2.46. The first-order valence-electron chi connectivity index (χ1n) is 10.1. The number of benzene rings is 2. The van der Waals surface area contributed by atoms with Crippen LogP contribution in [0.3, 0.4) is 0 Å². The molecule has 1 aliphatic rings. The molecule has 3 rings (SSSR count). The molecule has 0 aliphatic carbocycles. The number of ether oxygens (including phenoxy) is 1. The van der Waals surface area contributed by atoms with Crippen molar-refractivity contribution in [2.45, 2.75) is 37.5 Å². The Balaban J connectivity index is 1.57. The maximum Gasteiger partial charge on any atom is 0.307 e. The second-order valence-electron chi connectivity index (χ2n) is 8.24. The SMILES string of the molecule is Cc1ccc(S(=O)(=O)CCC(=O)OCC(=O)/C=C2\N(C)c3ccccc3C2(C)C)cc1. The average molecular weight is 442 g/mol. The molecule has 0 saturated carbocycles. The van der Waals surface area contributed by atoms with E-state index in [4.69, 9.17) is 4.74 Å². The van der Waals surface area contributed by atoms with Gasteiger partial charge in [-0.3, -0.25) is 9.59 Å². The second-order valence-corrected chi connectivity index (χ2v) is 10.3. The summed E-state index contributed by atoms with van der Waals surface area (Å²) >= 11 is 0. The van der Waals surface area contributed by atoms with Crippen LogP contribution in [0, 0.1) is 6.92 Å². The normalized spacial score (nSPS) is 16.3. The molecule has 0 bridgehead atoms. The Labute approximate surface area is 183 Å². The van der Waals surface area contributed by atoms with Crippen LogP contribution in [0.1, 0.15) is 31.4 Å². The molecule has 0 radical (unpaired) electrons. The van der Waals surface area contributed by atoms with E-state index in [0.717, 1.165) is 22.5 Å². The quantitative estimate of drug-likeness (QED) is 0.483. The minimum Gasteiger partial charge on any atom is -0.457 e. The van der Waals surface area contributed by atoms with Crippen molar-refractivity contribution in [1.82, 2.24) is 0 Å². The first-order chi connectivity index (χ1) is 14.5. The van der Waals surface area contributed by atoms with Gasteiger partial charge in [-0.05, 0) is 30.7 Å². The van der Waals surface area contributed by atoms with Crippen molar-refractivity contribution in [3.05, 3.63) is 71.4 Å². The van der Waals surface area contributed by atoms with Crippen molar-refractivity contribution in [3.63, 3.8) is 0 Å². The van der Waals surface area contributed by atoms with Crippen LogP contribution < -0.4 is 4.90 Å². The summed E-state index contributed by atoms with van der Waals surface area (Å²) < 4.78 is 29.7. The Hall–Kier alpha value is -2.93. The van der Waals surface area contributed by atoms with Gasteiger partial charge in [-0.15, -0.1) is 0 Å². The first kappa shape index (κ1) is 22.7. The van der Waals surface area contributed by atoms with Gasteiger partial charge in [0.25, 0.3) is 0 Å². The molecule has 164 valence electrons. The molecule has 2 aromatic carbocycles. The number of hydrogen-bond acceptors (Lipinski definition) is 6. The molecule has 0 aromatic heterocycles. The van der Waals surface area contributed by atoms with Crippen molar-refractivity contribution in [1.29, 1.82) is 0 Å². The number of anilines is 1. The van der Waals surface area contributed by atoms with Gasteiger partial charge in [0.2, 0.25) is 0 Å². The predicted octanol–water partition coefficient (Wildman–Crippen LogP) is 3.58. The number of ketones is 1. The van der Waals surface area contributed by atoms with E-state index in [0.29, 0.717) is 0 Å². The van der Waals surface area contributed by atoms with E-state index in [1.807, 2.05) is 57.0 Å². The Kier molecular flexibility index (Phi) is 6.36. The molecule has 1 aliphatic heterocycles. The molecule has 31 heavy (non-hydrogen) atoms. The van der Waals surface area contributed by atoms with Crippen LogP contribution in [0.15, 0.2) is 65.2 Å². The molecule has 0 saturated heterocycles. The molecule has 1 heterocycles. The number of para-hydroxylation sites is 1. The van der Waals surface area contributed by atoms with Crippen LogP contribution in [0.4, 0.5) is 5.69 Å². The highest BCUT2D eigenvalue weighted by molar-refractivity contribution is 7.91. The maximum atomic E-state index is 12.4. The smallest absolute Gasteiger partial charge is 0.307 e. The molecular formula is C24H27NO5S. The van der Waals surface area contributed by atoms with Gasteiger partial charge in [0.1, 0.15) is 0 Å². The summed E-state index contributed by atoms with van der Waals surface area (Å²) in [6, 6.07) is 14.4. The van der Waals surface area contributed by atoms with Crippen molar-refractivity contribution < 1.29 is 22.7 Å². The third-order valence-corrected chi connectivity index (χ3v) is 7.30. The third kappa shape index (κ3) is 4.88. The van der Waals surface area contributed by atoms with Gasteiger partial charge in [-0.25, -0.2) is 8.42 Å². The Morgan fingerprint density at radius 1 is 1.06 bits per heavy atom. The number of likely N-dealkylation sites (N-methyl/N-ethyl adjacent to an activating group) is 1. The number of nitrogens with zero attached hydrogens (tertiary/aromatic N) is 1. The number of aryl methyl sites for hydroxylation is 1. The number of hydrogen-bond donors (Lipinski definition) is 0. The lowest BCUT2D eigenvalue weighted by atomic mass is 9.83. The van der Waals surface area contributed by atoms with E-state index in [1.165, 1.54) is 18.2 Å². The summed E-state index contributed by atoms with van der Waals surface area (Å²) in [4.78, 5) is 26.6. The van der Waals surface area contributed by atoms with Crippen LogP contribution in [0.2, 0.25) is 0 Å². The fraction of sp³-hybridized carbons (Fsp3) is 0.333. The first-order valence-corrected chi connectivity index (χ1v) is 11.7. The number of sulfone groups is 1. The maximum absolute atomic E-state index is 12.4. The Morgan fingerprint density at radius 2 is 1.71 bits per heavy atom. The summed E-state index contributed by atoms with van der Waals surface area (Å²) in [5.41, 5.74) is 3.56. The minimum atomic E-state index is -3.59. The molecule has 0 spiro atoms. The molecule has 0 fully saturated rings. The lowest BCUT2D eigenvalue weighted by molar-refractivity contribution is -0.146. The third-order valence-electron chi connectivity index (χ3n) is 5.57. The molecule has 2 aromatic rings. The van der Waals surface area contributed by atoms with Crippen LogP contribution in [0.25, 0.3) is 0 Å². The van der Waals surface area contributed by atoms with Gasteiger partial charge in [0, 0.05) is 29.9 Å². The van der Waals surface area contributed by atoms with E-state index >= 15 is 0 Å². The minimum absolute atomic E-state index is 0.165. The van der Waals surface area contributed by atoms with Crippen molar-refractivity contribution in [2.24, 2.45) is 0 Å². The summed E-state index contributed by atoms with van der Waals surface area (Å²) in [5.74, 6) is -1.43. The van der Waals surface area contributed by atoms with Gasteiger partial charge < -0.3 is 9.64 Å². The van der Waals surface area contributed by atoms with Crippen molar-refractivity contribution in [2.75, 3.05) is 24.3 Å². The molecule has 0 unspecified atom stereocenters. The van der Waals surface area contributed by atoms with Gasteiger partial charge in [-0.1, -0.05) is 49.7 Å². The summed E-state index contributed by atoms with van der Waals surface area (Å²) in [5, 5.41) is 0. The highest BCUT2D eigenvalue weighted by atomic mass is 32.2. The van der Waals surface area contributed by atoms with Gasteiger partial charge in [0.05, 0.1) is 17.1 Å². The molecular weight excluding hydrogens is 414 g/mol. The lowest BCUT2D eigenvalue weighted by Gasteiger charge is -2.23. The van der Waals surface area contributed by atoms with Crippen LogP contribution in [-0.2, 0) is 29.6 Å². The molecule has 0 N–H and O–H groups in total. The zero-order valence-corrected chi connectivity index (χ0v) is 19.0. The molecule has 6 nitrogen and oxygen atoms in total. The van der Waals surface area contributed by atoms with Crippen molar-refractivity contribution >= 4 is 27.3 Å². The molecule has 0 amide bonds. The second kappa shape index (κ2) is 8.67. The number of rotatable bonds is 7. The number of carbonyl (C=O) groups excluding carboxylic acids is 2. The van der Waals surface area contributed by atoms with Crippen molar-refractivity contribution in [3.8, 4) is 0 Å². The number of esters is 1. The van der Waals surface area contributed by atoms with Crippen LogP contribution in [0.5, 0.6) is 0 Å². The molecule has 0 atom stereocenters.